The van der Waals surface area contributed by atoms with Gasteiger partial charge in [0.25, 0.3) is 0 Å². The zero-order valence-corrected chi connectivity index (χ0v) is 12.8. The summed E-state index contributed by atoms with van der Waals surface area (Å²) >= 11 is 2.11. The van der Waals surface area contributed by atoms with Gasteiger partial charge in [0.1, 0.15) is 0 Å². The number of ether oxygens (including phenoxy) is 1. The average Bonchev–Trinajstić information content (AvgIpc) is 2.86. The Morgan fingerprint density at radius 2 is 2.05 bits per heavy atom. The maximum absolute atomic E-state index is 5.27. The van der Waals surface area contributed by atoms with E-state index in [0.717, 1.165) is 11.8 Å². The van der Waals surface area contributed by atoms with Crippen molar-refractivity contribution in [2.24, 2.45) is 0 Å². The molecule has 2 atom stereocenters. The predicted molar refractivity (Wildman–Crippen MR) is 83.6 cm³/mol. The van der Waals surface area contributed by atoms with Crippen molar-refractivity contribution in [2.75, 3.05) is 12.9 Å². The van der Waals surface area contributed by atoms with Crippen molar-refractivity contribution < 1.29 is 4.74 Å². The molecule has 1 fully saturated rings. The summed E-state index contributed by atoms with van der Waals surface area (Å²) in [6.45, 7) is 3.93. The van der Waals surface area contributed by atoms with Gasteiger partial charge in [-0.25, -0.2) is 0 Å². The molecule has 1 aliphatic carbocycles. The van der Waals surface area contributed by atoms with Crippen LogP contribution in [-0.2, 0) is 17.9 Å². The first kappa shape index (κ1) is 14.9. The predicted octanol–water partition coefficient (Wildman–Crippen LogP) is 3.60. The lowest BCUT2D eigenvalue weighted by Crippen LogP contribution is -2.34. The van der Waals surface area contributed by atoms with Crippen LogP contribution in [0.1, 0.15) is 37.3 Å². The molecule has 106 valence electrons. The third-order valence-corrected chi connectivity index (χ3v) is 5.13. The summed E-state index contributed by atoms with van der Waals surface area (Å²) in [5.74, 6) is 1.23. The van der Waals surface area contributed by atoms with Crippen LogP contribution in [0, 0.1) is 0 Å². The molecule has 0 radical (unpaired) electrons. The molecule has 0 saturated heterocycles. The molecule has 1 aromatic carbocycles. The van der Waals surface area contributed by atoms with Gasteiger partial charge in [0.05, 0.1) is 6.61 Å². The Kier molecular flexibility index (Phi) is 6.21. The molecule has 0 aliphatic heterocycles. The van der Waals surface area contributed by atoms with Gasteiger partial charge in [0.2, 0.25) is 0 Å². The number of nitrogens with one attached hydrogen (secondary N) is 1. The van der Waals surface area contributed by atoms with Crippen molar-refractivity contribution in [1.82, 2.24) is 5.32 Å². The van der Waals surface area contributed by atoms with Gasteiger partial charge in [-0.2, -0.15) is 11.8 Å². The minimum Gasteiger partial charge on any atom is -0.380 e. The normalized spacial score (nSPS) is 22.8. The Morgan fingerprint density at radius 3 is 2.79 bits per heavy atom. The molecule has 0 heterocycles. The first-order valence-electron chi connectivity index (χ1n) is 7.25. The standard InChI is InChI=1S/C16H25NOS/c1-3-19-16-10-6-9-15(16)17-11-13-7-4-5-8-14(13)12-18-2/h4-5,7-8,15-17H,3,6,9-12H2,1-2H3. The second kappa shape index (κ2) is 7.93. The molecule has 0 spiro atoms. The molecule has 1 N–H and O–H groups in total. The van der Waals surface area contributed by atoms with Crippen LogP contribution in [0.3, 0.4) is 0 Å². The van der Waals surface area contributed by atoms with Gasteiger partial charge in [0.15, 0.2) is 0 Å². The summed E-state index contributed by atoms with van der Waals surface area (Å²) in [7, 11) is 1.76. The largest absolute Gasteiger partial charge is 0.380 e. The van der Waals surface area contributed by atoms with E-state index >= 15 is 0 Å². The fraction of sp³-hybridized carbons (Fsp3) is 0.625. The molecule has 1 saturated carbocycles. The lowest BCUT2D eigenvalue weighted by molar-refractivity contribution is 0.184. The van der Waals surface area contributed by atoms with Gasteiger partial charge >= 0.3 is 0 Å². The molecule has 1 aromatic rings. The highest BCUT2D eigenvalue weighted by atomic mass is 32.2. The van der Waals surface area contributed by atoms with Crippen molar-refractivity contribution >= 4 is 11.8 Å². The quantitative estimate of drug-likeness (QED) is 0.824. The zero-order chi connectivity index (χ0) is 13.5. The maximum Gasteiger partial charge on any atom is 0.0716 e. The minimum absolute atomic E-state index is 0.681. The van der Waals surface area contributed by atoms with Crippen LogP contribution in [0.5, 0.6) is 0 Å². The third kappa shape index (κ3) is 4.23. The molecule has 0 amide bonds. The monoisotopic (exact) mass is 279 g/mol. The van der Waals surface area contributed by atoms with E-state index < -0.39 is 0 Å². The van der Waals surface area contributed by atoms with E-state index in [2.05, 4.69) is 48.3 Å². The molecule has 2 rings (SSSR count). The number of thioether (sulfide) groups is 1. The lowest BCUT2D eigenvalue weighted by atomic mass is 10.1. The molecule has 3 heteroatoms. The highest BCUT2D eigenvalue weighted by Gasteiger charge is 2.26. The Balaban J connectivity index is 1.91. The number of hydrogen-bond donors (Lipinski definition) is 1. The lowest BCUT2D eigenvalue weighted by Gasteiger charge is -2.21. The fourth-order valence-corrected chi connectivity index (χ4v) is 4.07. The zero-order valence-electron chi connectivity index (χ0n) is 12.0. The SMILES string of the molecule is CCSC1CCCC1NCc1ccccc1COC. The maximum atomic E-state index is 5.27. The van der Waals surface area contributed by atoms with Gasteiger partial charge in [-0.05, 0) is 29.7 Å². The van der Waals surface area contributed by atoms with Crippen LogP contribution in [-0.4, -0.2) is 24.2 Å². The Labute approximate surface area is 121 Å². The summed E-state index contributed by atoms with van der Waals surface area (Å²) in [4.78, 5) is 0. The van der Waals surface area contributed by atoms with Gasteiger partial charge in [0, 0.05) is 24.9 Å². The number of rotatable bonds is 7. The second-order valence-corrected chi connectivity index (χ2v) is 6.63. The fourth-order valence-electron chi connectivity index (χ4n) is 2.84. The number of methoxy groups -OCH3 is 1. The average molecular weight is 279 g/mol. The number of benzene rings is 1. The molecule has 0 bridgehead atoms. The Morgan fingerprint density at radius 1 is 1.26 bits per heavy atom. The van der Waals surface area contributed by atoms with Crippen LogP contribution < -0.4 is 5.32 Å². The van der Waals surface area contributed by atoms with E-state index in [0.29, 0.717) is 12.6 Å². The molecule has 19 heavy (non-hydrogen) atoms. The number of hydrogen-bond acceptors (Lipinski definition) is 3. The van der Waals surface area contributed by atoms with Crippen molar-refractivity contribution in [3.05, 3.63) is 35.4 Å². The summed E-state index contributed by atoms with van der Waals surface area (Å²) in [6, 6.07) is 9.25. The molecule has 1 aliphatic rings. The van der Waals surface area contributed by atoms with Crippen LogP contribution in [0.25, 0.3) is 0 Å². The van der Waals surface area contributed by atoms with Crippen molar-refractivity contribution in [3.63, 3.8) is 0 Å². The third-order valence-electron chi connectivity index (χ3n) is 3.81. The summed E-state index contributed by atoms with van der Waals surface area (Å²) in [6.07, 6.45) is 4.06. The van der Waals surface area contributed by atoms with Crippen LogP contribution in [0.2, 0.25) is 0 Å². The first-order valence-corrected chi connectivity index (χ1v) is 8.30. The Hall–Kier alpha value is -0.510. The van der Waals surface area contributed by atoms with Gasteiger partial charge in [-0.3, -0.25) is 0 Å². The molecule has 2 nitrogen and oxygen atoms in total. The van der Waals surface area contributed by atoms with Crippen molar-refractivity contribution in [2.45, 2.75) is 50.6 Å². The summed E-state index contributed by atoms with van der Waals surface area (Å²) in [5.41, 5.74) is 2.67. The highest BCUT2D eigenvalue weighted by molar-refractivity contribution is 7.99. The second-order valence-electron chi connectivity index (χ2n) is 5.11. The smallest absolute Gasteiger partial charge is 0.0716 e. The van der Waals surface area contributed by atoms with E-state index in [-0.39, 0.29) is 0 Å². The van der Waals surface area contributed by atoms with Gasteiger partial charge < -0.3 is 10.1 Å². The van der Waals surface area contributed by atoms with Crippen molar-refractivity contribution in [1.29, 1.82) is 0 Å². The molecule has 2 unspecified atom stereocenters. The summed E-state index contributed by atoms with van der Waals surface area (Å²) < 4.78 is 5.27. The Bertz CT molecular complexity index is 383. The van der Waals surface area contributed by atoms with Crippen LogP contribution in [0.4, 0.5) is 0 Å². The van der Waals surface area contributed by atoms with E-state index in [1.807, 2.05) is 0 Å². The molecular formula is C16H25NOS. The molecular weight excluding hydrogens is 254 g/mol. The summed E-state index contributed by atoms with van der Waals surface area (Å²) in [5, 5.41) is 4.56. The van der Waals surface area contributed by atoms with E-state index in [1.54, 1.807) is 7.11 Å². The topological polar surface area (TPSA) is 21.3 Å². The first-order chi connectivity index (χ1) is 9.35. The van der Waals surface area contributed by atoms with Crippen molar-refractivity contribution in [3.8, 4) is 0 Å². The highest BCUT2D eigenvalue weighted by Crippen LogP contribution is 2.30. The van der Waals surface area contributed by atoms with E-state index in [1.165, 1.54) is 36.1 Å². The van der Waals surface area contributed by atoms with Gasteiger partial charge in [-0.1, -0.05) is 37.6 Å². The van der Waals surface area contributed by atoms with E-state index in [4.69, 9.17) is 4.74 Å². The molecule has 0 aromatic heterocycles. The van der Waals surface area contributed by atoms with Gasteiger partial charge in [-0.15, -0.1) is 0 Å². The minimum atomic E-state index is 0.681. The van der Waals surface area contributed by atoms with E-state index in [9.17, 15) is 0 Å². The van der Waals surface area contributed by atoms with Crippen LogP contribution >= 0.6 is 11.8 Å². The van der Waals surface area contributed by atoms with Crippen LogP contribution in [0.15, 0.2) is 24.3 Å².